The van der Waals surface area contributed by atoms with Crippen LogP contribution in [0.4, 0.5) is 0 Å². The molecule has 0 radical (unpaired) electrons. The monoisotopic (exact) mass is 315 g/mol. The second kappa shape index (κ2) is 9.75. The third-order valence-electron chi connectivity index (χ3n) is 2.72. The van der Waals surface area contributed by atoms with E-state index in [0.717, 1.165) is 23.9 Å². The van der Waals surface area contributed by atoms with Gasteiger partial charge in [0.05, 0.1) is 18.4 Å². The molecule has 0 spiro atoms. The van der Waals surface area contributed by atoms with Crippen molar-refractivity contribution < 1.29 is 9.53 Å². The topological polar surface area (TPSA) is 95.1 Å². The Bertz CT molecular complexity index is 436. The van der Waals surface area contributed by atoms with Gasteiger partial charge in [-0.3, -0.25) is 4.79 Å². The fraction of sp³-hybridized carbons (Fsp3) is 0.769. The maximum absolute atomic E-state index is 11.7. The molecule has 1 heterocycles. The molecule has 0 fully saturated rings. The van der Waals surface area contributed by atoms with Gasteiger partial charge in [0, 0.05) is 19.7 Å². The number of thioether (sulfide) groups is 1. The van der Waals surface area contributed by atoms with E-state index in [0.29, 0.717) is 25.4 Å². The molecular weight excluding hydrogens is 290 g/mol. The fourth-order valence-corrected chi connectivity index (χ4v) is 2.55. The smallest absolute Gasteiger partial charge is 0.230 e. The van der Waals surface area contributed by atoms with Crippen LogP contribution in [0.25, 0.3) is 0 Å². The number of carbonyl (C=O) groups excluding carboxylic acids is 1. The number of hydrogen-bond donors (Lipinski definition) is 2. The number of carbonyl (C=O) groups is 1. The van der Waals surface area contributed by atoms with Crippen molar-refractivity contribution in [3.8, 4) is 0 Å². The first-order chi connectivity index (χ1) is 10.1. The zero-order chi connectivity index (χ0) is 15.7. The molecule has 0 aliphatic rings. The molecule has 1 rings (SSSR count). The molecule has 0 bridgehead atoms. The third kappa shape index (κ3) is 6.45. The number of aromatic nitrogens is 3. The number of nitrogens with one attached hydrogen (secondary N) is 1. The van der Waals surface area contributed by atoms with Crippen LogP contribution in [0.15, 0.2) is 5.16 Å². The first-order valence-corrected chi connectivity index (χ1v) is 8.20. The molecule has 1 aromatic rings. The quantitative estimate of drug-likeness (QED) is 0.489. The van der Waals surface area contributed by atoms with Crippen LogP contribution in [0.3, 0.4) is 0 Å². The lowest BCUT2D eigenvalue weighted by molar-refractivity contribution is -0.118. The Labute approximate surface area is 130 Å². The molecule has 1 aromatic heterocycles. The zero-order valence-corrected chi connectivity index (χ0v) is 13.8. The van der Waals surface area contributed by atoms with E-state index in [1.54, 1.807) is 0 Å². The average molecular weight is 315 g/mol. The van der Waals surface area contributed by atoms with Crippen LogP contribution in [-0.2, 0) is 22.6 Å². The molecule has 8 heteroatoms. The Hall–Kier alpha value is -1.12. The summed E-state index contributed by atoms with van der Waals surface area (Å²) in [5.41, 5.74) is 5.59. The summed E-state index contributed by atoms with van der Waals surface area (Å²) in [6.45, 7) is 8.37. The Morgan fingerprint density at radius 2 is 2.24 bits per heavy atom. The van der Waals surface area contributed by atoms with Gasteiger partial charge in [0.15, 0.2) is 5.16 Å². The average Bonchev–Trinajstić information content (AvgIpc) is 2.86. The Morgan fingerprint density at radius 1 is 1.48 bits per heavy atom. The molecule has 0 unspecified atom stereocenters. The number of ether oxygens (including phenoxy) is 1. The van der Waals surface area contributed by atoms with E-state index < -0.39 is 0 Å². The minimum absolute atomic E-state index is 0.00972. The SMILES string of the molecule is CCn1c(CN)nnc1SCC(=O)NCCCOC(C)C. The standard InChI is InChI=1S/C13H25N5O2S/c1-4-18-11(8-14)16-17-13(18)21-9-12(19)15-6-5-7-20-10(2)3/h10H,4-9,14H2,1-3H3,(H,15,19). The lowest BCUT2D eigenvalue weighted by atomic mass is 10.4. The van der Waals surface area contributed by atoms with Crippen molar-refractivity contribution >= 4 is 17.7 Å². The summed E-state index contributed by atoms with van der Waals surface area (Å²) in [5, 5.41) is 11.7. The zero-order valence-electron chi connectivity index (χ0n) is 13.0. The third-order valence-corrected chi connectivity index (χ3v) is 3.69. The van der Waals surface area contributed by atoms with Crippen LogP contribution in [-0.4, -0.2) is 45.7 Å². The number of amides is 1. The molecule has 21 heavy (non-hydrogen) atoms. The second-order valence-corrected chi connectivity index (χ2v) is 5.70. The van der Waals surface area contributed by atoms with E-state index in [1.165, 1.54) is 11.8 Å². The van der Waals surface area contributed by atoms with Crippen LogP contribution >= 0.6 is 11.8 Å². The van der Waals surface area contributed by atoms with Gasteiger partial charge in [-0.05, 0) is 27.2 Å². The molecule has 1 amide bonds. The Kier molecular flexibility index (Phi) is 8.33. The lowest BCUT2D eigenvalue weighted by Crippen LogP contribution is -2.27. The van der Waals surface area contributed by atoms with Crippen molar-refractivity contribution in [1.82, 2.24) is 20.1 Å². The van der Waals surface area contributed by atoms with Crippen LogP contribution in [0.5, 0.6) is 0 Å². The van der Waals surface area contributed by atoms with Crippen molar-refractivity contribution in [3.63, 3.8) is 0 Å². The van der Waals surface area contributed by atoms with Gasteiger partial charge < -0.3 is 20.4 Å². The lowest BCUT2D eigenvalue weighted by Gasteiger charge is -2.08. The first-order valence-electron chi connectivity index (χ1n) is 7.21. The molecule has 7 nitrogen and oxygen atoms in total. The minimum atomic E-state index is -0.00972. The van der Waals surface area contributed by atoms with E-state index >= 15 is 0 Å². The summed E-state index contributed by atoms with van der Waals surface area (Å²) in [6, 6.07) is 0. The maximum Gasteiger partial charge on any atom is 0.230 e. The summed E-state index contributed by atoms with van der Waals surface area (Å²) in [6.07, 6.45) is 1.05. The highest BCUT2D eigenvalue weighted by atomic mass is 32.2. The number of nitrogens with zero attached hydrogens (tertiary/aromatic N) is 3. The van der Waals surface area contributed by atoms with Crippen molar-refractivity contribution in [2.75, 3.05) is 18.9 Å². The molecule has 0 saturated heterocycles. The maximum atomic E-state index is 11.7. The van der Waals surface area contributed by atoms with Crippen molar-refractivity contribution in [2.24, 2.45) is 5.73 Å². The number of rotatable bonds is 10. The van der Waals surface area contributed by atoms with Crippen LogP contribution in [0.1, 0.15) is 33.0 Å². The van der Waals surface area contributed by atoms with Crippen molar-refractivity contribution in [2.45, 2.75) is 51.5 Å². The first kappa shape index (κ1) is 17.9. The number of nitrogens with two attached hydrogens (primary N) is 1. The molecule has 120 valence electrons. The highest BCUT2D eigenvalue weighted by molar-refractivity contribution is 7.99. The van der Waals surface area contributed by atoms with Gasteiger partial charge in [0.1, 0.15) is 5.82 Å². The molecule has 0 aromatic carbocycles. The molecule has 3 N–H and O–H groups in total. The number of hydrogen-bond acceptors (Lipinski definition) is 6. The van der Waals surface area contributed by atoms with Gasteiger partial charge in [-0.2, -0.15) is 0 Å². The summed E-state index contributed by atoms with van der Waals surface area (Å²) < 4.78 is 7.33. The van der Waals surface area contributed by atoms with Gasteiger partial charge in [0.25, 0.3) is 0 Å². The highest BCUT2D eigenvalue weighted by Crippen LogP contribution is 2.16. The van der Waals surface area contributed by atoms with E-state index in [1.807, 2.05) is 25.3 Å². The van der Waals surface area contributed by atoms with Gasteiger partial charge in [0.2, 0.25) is 5.91 Å². The Morgan fingerprint density at radius 3 is 2.86 bits per heavy atom. The van der Waals surface area contributed by atoms with E-state index in [4.69, 9.17) is 10.5 Å². The van der Waals surface area contributed by atoms with Crippen molar-refractivity contribution in [3.05, 3.63) is 5.82 Å². The summed E-state index contributed by atoms with van der Waals surface area (Å²) >= 11 is 1.38. The predicted octanol–water partition coefficient (Wildman–Crippen LogP) is 0.780. The largest absolute Gasteiger partial charge is 0.379 e. The van der Waals surface area contributed by atoms with Crippen molar-refractivity contribution in [1.29, 1.82) is 0 Å². The molecule has 0 aliphatic heterocycles. The minimum Gasteiger partial charge on any atom is -0.379 e. The van der Waals surface area contributed by atoms with E-state index in [-0.39, 0.29) is 12.0 Å². The molecule has 0 aliphatic carbocycles. The van der Waals surface area contributed by atoms with Gasteiger partial charge in [-0.15, -0.1) is 10.2 Å². The van der Waals surface area contributed by atoms with E-state index in [9.17, 15) is 4.79 Å². The summed E-state index contributed by atoms with van der Waals surface area (Å²) in [4.78, 5) is 11.7. The fourth-order valence-electron chi connectivity index (χ4n) is 1.69. The van der Waals surface area contributed by atoms with Crippen LogP contribution in [0, 0.1) is 0 Å². The van der Waals surface area contributed by atoms with E-state index in [2.05, 4.69) is 15.5 Å². The van der Waals surface area contributed by atoms with Gasteiger partial charge in [-0.1, -0.05) is 11.8 Å². The Balaban J connectivity index is 2.25. The predicted molar refractivity (Wildman–Crippen MR) is 83.0 cm³/mol. The second-order valence-electron chi connectivity index (χ2n) is 4.76. The normalized spacial score (nSPS) is 11.1. The summed E-state index contributed by atoms with van der Waals surface area (Å²) in [5.74, 6) is 1.06. The summed E-state index contributed by atoms with van der Waals surface area (Å²) in [7, 11) is 0. The van der Waals surface area contributed by atoms with Crippen LogP contribution in [0.2, 0.25) is 0 Å². The molecule has 0 saturated carbocycles. The molecular formula is C13H25N5O2S. The highest BCUT2D eigenvalue weighted by Gasteiger charge is 2.11. The van der Waals surface area contributed by atoms with Gasteiger partial charge >= 0.3 is 0 Å². The van der Waals surface area contributed by atoms with Gasteiger partial charge in [-0.25, -0.2) is 0 Å². The molecule has 0 atom stereocenters. The van der Waals surface area contributed by atoms with Crippen LogP contribution < -0.4 is 11.1 Å².